The Bertz CT molecular complexity index is 533. The first-order valence-electron chi connectivity index (χ1n) is 7.66. The van der Waals surface area contributed by atoms with Crippen LogP contribution < -0.4 is 5.32 Å². The number of nitrogens with zero attached hydrogens (tertiary/aromatic N) is 1. The maximum Gasteiger partial charge on any atom is 0.134 e. The predicted molar refractivity (Wildman–Crippen MR) is 85.1 cm³/mol. The van der Waals surface area contributed by atoms with Crippen LogP contribution in [-0.2, 0) is 6.54 Å². The molecular formula is C17H26N2O. The molecule has 0 amide bonds. The second-order valence-electron chi connectivity index (χ2n) is 5.24. The van der Waals surface area contributed by atoms with E-state index in [1.54, 1.807) is 0 Å². The Balaban J connectivity index is 1.88. The van der Waals surface area contributed by atoms with Crippen molar-refractivity contribution >= 4 is 11.0 Å². The van der Waals surface area contributed by atoms with Crippen molar-refractivity contribution in [1.82, 2.24) is 10.2 Å². The molecule has 0 spiro atoms. The van der Waals surface area contributed by atoms with E-state index in [2.05, 4.69) is 36.2 Å². The monoisotopic (exact) mass is 274 g/mol. The quantitative estimate of drug-likeness (QED) is 0.746. The summed E-state index contributed by atoms with van der Waals surface area (Å²) in [4.78, 5) is 2.48. The molecule has 0 atom stereocenters. The van der Waals surface area contributed by atoms with Crippen LogP contribution in [0.2, 0.25) is 0 Å². The lowest BCUT2D eigenvalue weighted by Gasteiger charge is -2.19. The number of aryl methyl sites for hydroxylation is 1. The average molecular weight is 274 g/mol. The van der Waals surface area contributed by atoms with Crippen LogP contribution in [0.25, 0.3) is 11.0 Å². The number of fused-ring (bicyclic) bond motifs is 1. The van der Waals surface area contributed by atoms with Gasteiger partial charge in [0, 0.05) is 30.6 Å². The topological polar surface area (TPSA) is 28.4 Å². The molecule has 1 heterocycles. The first-order chi connectivity index (χ1) is 9.76. The van der Waals surface area contributed by atoms with Crippen molar-refractivity contribution in [2.75, 3.05) is 26.2 Å². The molecule has 2 rings (SSSR count). The highest BCUT2D eigenvalue weighted by Gasteiger charge is 2.09. The van der Waals surface area contributed by atoms with Crippen molar-refractivity contribution in [3.05, 3.63) is 35.6 Å². The zero-order valence-corrected chi connectivity index (χ0v) is 12.9. The Kier molecular flexibility index (Phi) is 5.62. The number of hydrogen-bond donors (Lipinski definition) is 1. The molecule has 0 aliphatic carbocycles. The minimum absolute atomic E-state index is 0.881. The van der Waals surface area contributed by atoms with Gasteiger partial charge in [0.15, 0.2) is 0 Å². The van der Waals surface area contributed by atoms with E-state index in [4.69, 9.17) is 4.42 Å². The van der Waals surface area contributed by atoms with Gasteiger partial charge >= 0.3 is 0 Å². The molecular weight excluding hydrogens is 248 g/mol. The Morgan fingerprint density at radius 2 is 1.95 bits per heavy atom. The van der Waals surface area contributed by atoms with E-state index in [9.17, 15) is 0 Å². The highest BCUT2D eigenvalue weighted by molar-refractivity contribution is 5.82. The maximum absolute atomic E-state index is 5.79. The van der Waals surface area contributed by atoms with Crippen molar-refractivity contribution in [3.8, 4) is 0 Å². The van der Waals surface area contributed by atoms with E-state index < -0.39 is 0 Å². The van der Waals surface area contributed by atoms with Crippen LogP contribution in [0.15, 0.2) is 28.7 Å². The molecule has 1 aromatic carbocycles. The van der Waals surface area contributed by atoms with Crippen LogP contribution in [0.4, 0.5) is 0 Å². The average Bonchev–Trinajstić information content (AvgIpc) is 2.78. The highest BCUT2D eigenvalue weighted by atomic mass is 16.3. The van der Waals surface area contributed by atoms with Crippen LogP contribution >= 0.6 is 0 Å². The Hall–Kier alpha value is -1.32. The highest BCUT2D eigenvalue weighted by Crippen LogP contribution is 2.24. The van der Waals surface area contributed by atoms with Gasteiger partial charge in [-0.25, -0.2) is 0 Å². The number of rotatable bonds is 8. The lowest BCUT2D eigenvalue weighted by Crippen LogP contribution is -2.32. The van der Waals surface area contributed by atoms with Gasteiger partial charge in [-0.05, 0) is 32.5 Å². The zero-order chi connectivity index (χ0) is 14.4. The van der Waals surface area contributed by atoms with Crippen molar-refractivity contribution < 1.29 is 4.42 Å². The summed E-state index contributed by atoms with van der Waals surface area (Å²) >= 11 is 0. The van der Waals surface area contributed by atoms with Gasteiger partial charge in [-0.15, -0.1) is 0 Å². The second kappa shape index (κ2) is 7.46. The van der Waals surface area contributed by atoms with Crippen LogP contribution in [0.1, 0.15) is 31.6 Å². The standard InChI is InChI=1S/C17H26N2O/c1-4-11-19(5-2)12-10-18-13-16-14(3)20-17-9-7-6-8-15(16)17/h6-9,18H,4-5,10-13H2,1-3H3. The van der Waals surface area contributed by atoms with E-state index in [1.807, 2.05) is 19.1 Å². The summed E-state index contributed by atoms with van der Waals surface area (Å²) in [5.41, 5.74) is 2.28. The number of para-hydroxylation sites is 1. The second-order valence-corrected chi connectivity index (χ2v) is 5.24. The van der Waals surface area contributed by atoms with Gasteiger partial charge in [0.1, 0.15) is 11.3 Å². The summed E-state index contributed by atoms with van der Waals surface area (Å²) in [7, 11) is 0. The number of hydrogen-bond acceptors (Lipinski definition) is 3. The van der Waals surface area contributed by atoms with Crippen LogP contribution in [-0.4, -0.2) is 31.1 Å². The van der Waals surface area contributed by atoms with Crippen molar-refractivity contribution in [3.63, 3.8) is 0 Å². The lowest BCUT2D eigenvalue weighted by atomic mass is 10.1. The Morgan fingerprint density at radius 3 is 2.70 bits per heavy atom. The third-order valence-electron chi connectivity index (χ3n) is 3.79. The van der Waals surface area contributed by atoms with Crippen molar-refractivity contribution in [2.24, 2.45) is 0 Å². The number of furan rings is 1. The Morgan fingerprint density at radius 1 is 1.15 bits per heavy atom. The molecule has 0 aliphatic heterocycles. The molecule has 0 radical (unpaired) electrons. The lowest BCUT2D eigenvalue weighted by molar-refractivity contribution is 0.287. The van der Waals surface area contributed by atoms with Crippen molar-refractivity contribution in [1.29, 1.82) is 0 Å². The van der Waals surface area contributed by atoms with E-state index in [0.717, 1.165) is 37.5 Å². The van der Waals surface area contributed by atoms with Gasteiger partial charge in [0.05, 0.1) is 0 Å². The summed E-state index contributed by atoms with van der Waals surface area (Å²) in [6.07, 6.45) is 1.22. The number of benzene rings is 1. The minimum Gasteiger partial charge on any atom is -0.461 e. The largest absolute Gasteiger partial charge is 0.461 e. The fourth-order valence-corrected chi connectivity index (χ4v) is 2.64. The minimum atomic E-state index is 0.881. The van der Waals surface area contributed by atoms with E-state index >= 15 is 0 Å². The van der Waals surface area contributed by atoms with Gasteiger partial charge in [0.25, 0.3) is 0 Å². The summed E-state index contributed by atoms with van der Waals surface area (Å²) in [5.74, 6) is 1.03. The molecule has 0 saturated carbocycles. The first kappa shape index (κ1) is 15.1. The van der Waals surface area contributed by atoms with Crippen molar-refractivity contribution in [2.45, 2.75) is 33.7 Å². The third-order valence-corrected chi connectivity index (χ3v) is 3.79. The van der Waals surface area contributed by atoms with Gasteiger partial charge in [-0.3, -0.25) is 0 Å². The smallest absolute Gasteiger partial charge is 0.134 e. The molecule has 110 valence electrons. The molecule has 0 saturated heterocycles. The maximum atomic E-state index is 5.79. The predicted octanol–water partition coefficient (Wildman–Crippen LogP) is 3.56. The van der Waals surface area contributed by atoms with E-state index in [0.29, 0.717) is 0 Å². The SMILES string of the molecule is CCCN(CC)CCNCc1c(C)oc2ccccc12. The number of nitrogens with one attached hydrogen (secondary N) is 1. The third kappa shape index (κ3) is 3.62. The first-order valence-corrected chi connectivity index (χ1v) is 7.66. The number of likely N-dealkylation sites (N-methyl/N-ethyl adjacent to an activating group) is 1. The van der Waals surface area contributed by atoms with Gasteiger partial charge in [-0.1, -0.05) is 32.0 Å². The fourth-order valence-electron chi connectivity index (χ4n) is 2.64. The normalized spacial score (nSPS) is 11.6. The van der Waals surface area contributed by atoms with Crippen LogP contribution in [0.3, 0.4) is 0 Å². The molecule has 3 heteroatoms. The van der Waals surface area contributed by atoms with E-state index in [-0.39, 0.29) is 0 Å². The van der Waals surface area contributed by atoms with Crippen LogP contribution in [0, 0.1) is 6.92 Å². The summed E-state index contributed by atoms with van der Waals surface area (Å²) in [5, 5.41) is 4.78. The zero-order valence-electron chi connectivity index (χ0n) is 12.9. The molecule has 0 aliphatic rings. The van der Waals surface area contributed by atoms with Crippen LogP contribution in [0.5, 0.6) is 0 Å². The molecule has 1 aromatic heterocycles. The van der Waals surface area contributed by atoms with Gasteiger partial charge < -0.3 is 14.6 Å². The fraction of sp³-hybridized carbons (Fsp3) is 0.529. The summed E-state index contributed by atoms with van der Waals surface area (Å²) in [6, 6.07) is 8.26. The summed E-state index contributed by atoms with van der Waals surface area (Å²) < 4.78 is 5.79. The molecule has 0 fully saturated rings. The van der Waals surface area contributed by atoms with E-state index in [1.165, 1.54) is 23.9 Å². The Labute approximate surface area is 122 Å². The molecule has 0 bridgehead atoms. The summed E-state index contributed by atoms with van der Waals surface area (Å²) in [6.45, 7) is 11.8. The van der Waals surface area contributed by atoms with Gasteiger partial charge in [-0.2, -0.15) is 0 Å². The molecule has 0 unspecified atom stereocenters. The molecule has 20 heavy (non-hydrogen) atoms. The molecule has 1 N–H and O–H groups in total. The molecule has 3 nitrogen and oxygen atoms in total. The molecule has 2 aromatic rings. The van der Waals surface area contributed by atoms with Gasteiger partial charge in [0.2, 0.25) is 0 Å².